The molecule has 0 aromatic heterocycles. The van der Waals surface area contributed by atoms with Crippen molar-refractivity contribution in [2.45, 2.75) is 0 Å². The topological polar surface area (TPSA) is 61.7 Å². The predicted octanol–water partition coefficient (Wildman–Crippen LogP) is 0.891. The Balaban J connectivity index is 2.56. The highest BCUT2D eigenvalue weighted by atomic mass is 79.9. The number of benzene rings is 1. The first-order valence-corrected chi connectivity index (χ1v) is 4.70. The Morgan fingerprint density at radius 2 is 2.43 bits per heavy atom. The van der Waals surface area contributed by atoms with E-state index in [-0.39, 0.29) is 0 Å². The summed E-state index contributed by atoms with van der Waals surface area (Å²) >= 11 is 3.31. The number of aliphatic hydroxyl groups excluding tert-OH is 1. The third-order valence-corrected chi connectivity index (χ3v) is 1.89. The van der Waals surface area contributed by atoms with Gasteiger partial charge in [0.1, 0.15) is 6.61 Å². The first kappa shape index (κ1) is 10.9. The number of aliphatic hydroxyl groups is 1. The molecule has 0 unspecified atom stereocenters. The summed E-state index contributed by atoms with van der Waals surface area (Å²) in [6.07, 6.45) is 1.50. The van der Waals surface area contributed by atoms with Gasteiger partial charge in [-0.15, -0.1) is 0 Å². The van der Waals surface area contributed by atoms with Crippen LogP contribution >= 0.6 is 15.9 Å². The summed E-state index contributed by atoms with van der Waals surface area (Å²) in [5, 5.41) is 12.0. The molecule has 0 aliphatic rings. The van der Waals surface area contributed by atoms with E-state index < -0.39 is 12.5 Å². The number of carbonyl (C=O) groups excluding carboxylic acids is 1. The summed E-state index contributed by atoms with van der Waals surface area (Å²) in [6.45, 7) is -0.560. The van der Waals surface area contributed by atoms with Crippen molar-refractivity contribution in [1.82, 2.24) is 5.43 Å². The first-order chi connectivity index (χ1) is 6.72. The second kappa shape index (κ2) is 5.51. The molecule has 0 heterocycles. The minimum atomic E-state index is -0.560. The fourth-order valence-corrected chi connectivity index (χ4v) is 1.22. The summed E-state index contributed by atoms with van der Waals surface area (Å²) in [4.78, 5) is 10.6. The zero-order chi connectivity index (χ0) is 10.4. The molecular formula is C9H9BrN2O2. The molecule has 0 atom stereocenters. The molecule has 4 nitrogen and oxygen atoms in total. The smallest absolute Gasteiger partial charge is 0.265 e. The highest BCUT2D eigenvalue weighted by Gasteiger charge is 1.93. The first-order valence-electron chi connectivity index (χ1n) is 3.90. The zero-order valence-corrected chi connectivity index (χ0v) is 8.86. The number of amides is 1. The number of halogens is 1. The zero-order valence-electron chi connectivity index (χ0n) is 7.27. The van der Waals surface area contributed by atoms with Crippen LogP contribution in [0.25, 0.3) is 0 Å². The maximum atomic E-state index is 10.6. The summed E-state index contributed by atoms with van der Waals surface area (Å²) in [6, 6.07) is 7.46. The van der Waals surface area contributed by atoms with Gasteiger partial charge in [0.2, 0.25) is 0 Å². The standard InChI is InChI=1S/C9H9BrN2O2/c10-8-3-1-2-7(4-8)5-11-12-9(14)6-13/h1-5,13H,6H2,(H,12,14). The normalized spacial score (nSPS) is 10.4. The van der Waals surface area contributed by atoms with Gasteiger partial charge >= 0.3 is 0 Å². The molecular weight excluding hydrogens is 248 g/mol. The molecule has 0 aliphatic carbocycles. The molecule has 5 heteroatoms. The molecule has 0 aliphatic heterocycles. The molecule has 0 fully saturated rings. The van der Waals surface area contributed by atoms with Gasteiger partial charge in [-0.2, -0.15) is 5.10 Å². The molecule has 2 N–H and O–H groups in total. The highest BCUT2D eigenvalue weighted by molar-refractivity contribution is 9.10. The van der Waals surface area contributed by atoms with E-state index in [1.54, 1.807) is 0 Å². The van der Waals surface area contributed by atoms with Gasteiger partial charge in [0, 0.05) is 4.47 Å². The van der Waals surface area contributed by atoms with Crippen molar-refractivity contribution >= 4 is 28.1 Å². The Morgan fingerprint density at radius 3 is 3.07 bits per heavy atom. The quantitative estimate of drug-likeness (QED) is 0.624. The van der Waals surface area contributed by atoms with Gasteiger partial charge < -0.3 is 5.11 Å². The number of nitrogens with zero attached hydrogens (tertiary/aromatic N) is 1. The maximum Gasteiger partial charge on any atom is 0.265 e. The van der Waals surface area contributed by atoms with Crippen LogP contribution in [0.4, 0.5) is 0 Å². The molecule has 74 valence electrons. The van der Waals surface area contributed by atoms with E-state index >= 15 is 0 Å². The minimum absolute atomic E-state index is 0.531. The van der Waals surface area contributed by atoms with Crippen molar-refractivity contribution in [2.75, 3.05) is 6.61 Å². The number of hydrogen-bond acceptors (Lipinski definition) is 3. The van der Waals surface area contributed by atoms with Crippen LogP contribution in [-0.4, -0.2) is 23.8 Å². The lowest BCUT2D eigenvalue weighted by molar-refractivity contribution is -0.123. The Morgan fingerprint density at radius 1 is 1.64 bits per heavy atom. The van der Waals surface area contributed by atoms with E-state index in [0.717, 1.165) is 10.0 Å². The van der Waals surface area contributed by atoms with Gasteiger partial charge in [0.25, 0.3) is 5.91 Å². The Hall–Kier alpha value is -1.20. The van der Waals surface area contributed by atoms with E-state index in [4.69, 9.17) is 5.11 Å². The van der Waals surface area contributed by atoms with Crippen LogP contribution in [0.15, 0.2) is 33.8 Å². The highest BCUT2D eigenvalue weighted by Crippen LogP contribution is 2.09. The predicted molar refractivity (Wildman–Crippen MR) is 57.0 cm³/mol. The monoisotopic (exact) mass is 256 g/mol. The Bertz CT molecular complexity index is 352. The maximum absolute atomic E-state index is 10.6. The fourth-order valence-electron chi connectivity index (χ4n) is 0.801. The van der Waals surface area contributed by atoms with Crippen LogP contribution in [0.1, 0.15) is 5.56 Å². The molecule has 1 amide bonds. The van der Waals surface area contributed by atoms with Crippen molar-refractivity contribution in [3.63, 3.8) is 0 Å². The van der Waals surface area contributed by atoms with Gasteiger partial charge in [-0.25, -0.2) is 5.43 Å². The molecule has 0 saturated carbocycles. The third-order valence-electron chi connectivity index (χ3n) is 1.40. The van der Waals surface area contributed by atoms with E-state index in [1.807, 2.05) is 24.3 Å². The molecule has 0 radical (unpaired) electrons. The van der Waals surface area contributed by atoms with Crippen molar-refractivity contribution < 1.29 is 9.90 Å². The van der Waals surface area contributed by atoms with Crippen LogP contribution in [0, 0.1) is 0 Å². The molecule has 1 rings (SSSR count). The van der Waals surface area contributed by atoms with Crippen molar-refractivity contribution in [1.29, 1.82) is 0 Å². The van der Waals surface area contributed by atoms with Crippen LogP contribution in [0.5, 0.6) is 0 Å². The molecule has 1 aromatic carbocycles. The van der Waals surface area contributed by atoms with Gasteiger partial charge in [-0.3, -0.25) is 4.79 Å². The number of nitrogens with one attached hydrogen (secondary N) is 1. The van der Waals surface area contributed by atoms with Crippen LogP contribution < -0.4 is 5.43 Å². The van der Waals surface area contributed by atoms with E-state index in [0.29, 0.717) is 0 Å². The SMILES string of the molecule is O=C(CO)NN=Cc1cccc(Br)c1. The lowest BCUT2D eigenvalue weighted by Crippen LogP contribution is -2.20. The van der Waals surface area contributed by atoms with Gasteiger partial charge in [0.05, 0.1) is 6.21 Å². The van der Waals surface area contributed by atoms with Crippen LogP contribution in [0.2, 0.25) is 0 Å². The second-order valence-electron chi connectivity index (χ2n) is 2.51. The second-order valence-corrected chi connectivity index (χ2v) is 3.42. The molecule has 0 spiro atoms. The summed E-state index contributed by atoms with van der Waals surface area (Å²) in [5.74, 6) is -0.531. The molecule has 0 saturated heterocycles. The Labute approximate surface area is 89.8 Å². The van der Waals surface area contributed by atoms with E-state index in [2.05, 4.69) is 26.5 Å². The lowest BCUT2D eigenvalue weighted by atomic mass is 10.2. The summed E-state index contributed by atoms with van der Waals surface area (Å²) < 4.78 is 0.940. The summed E-state index contributed by atoms with van der Waals surface area (Å²) in [7, 11) is 0. The number of carbonyl (C=O) groups is 1. The van der Waals surface area contributed by atoms with Crippen molar-refractivity contribution in [2.24, 2.45) is 5.10 Å². The molecule has 0 bridgehead atoms. The van der Waals surface area contributed by atoms with E-state index in [9.17, 15) is 4.79 Å². The average molecular weight is 257 g/mol. The summed E-state index contributed by atoms with van der Waals surface area (Å²) in [5.41, 5.74) is 3.02. The van der Waals surface area contributed by atoms with Gasteiger partial charge in [-0.1, -0.05) is 28.1 Å². The fraction of sp³-hybridized carbons (Fsp3) is 0.111. The largest absolute Gasteiger partial charge is 0.386 e. The average Bonchev–Trinajstić information content (AvgIpc) is 2.17. The minimum Gasteiger partial charge on any atom is -0.386 e. The van der Waals surface area contributed by atoms with Crippen molar-refractivity contribution in [3.05, 3.63) is 34.3 Å². The number of hydrogen-bond donors (Lipinski definition) is 2. The van der Waals surface area contributed by atoms with Crippen LogP contribution in [0.3, 0.4) is 0 Å². The molecule has 1 aromatic rings. The van der Waals surface area contributed by atoms with Gasteiger partial charge in [0.15, 0.2) is 0 Å². The van der Waals surface area contributed by atoms with Gasteiger partial charge in [-0.05, 0) is 17.7 Å². The molecule has 14 heavy (non-hydrogen) atoms. The Kier molecular flexibility index (Phi) is 4.28. The lowest BCUT2D eigenvalue weighted by Gasteiger charge is -1.95. The van der Waals surface area contributed by atoms with E-state index in [1.165, 1.54) is 6.21 Å². The third kappa shape index (κ3) is 3.68. The van der Waals surface area contributed by atoms with Crippen LogP contribution in [-0.2, 0) is 4.79 Å². The number of rotatable bonds is 3. The number of hydrazone groups is 1. The van der Waals surface area contributed by atoms with Crippen molar-refractivity contribution in [3.8, 4) is 0 Å².